The number of aryl methyl sites for hydroxylation is 1. The van der Waals surface area contributed by atoms with Crippen molar-refractivity contribution in [2.45, 2.75) is 39.4 Å². The van der Waals surface area contributed by atoms with Gasteiger partial charge in [-0.25, -0.2) is 0 Å². The summed E-state index contributed by atoms with van der Waals surface area (Å²) in [6.07, 6.45) is 2.52. The minimum absolute atomic E-state index is 0.285. The summed E-state index contributed by atoms with van der Waals surface area (Å²) in [6, 6.07) is 8.03. The number of benzene rings is 1. The first-order valence-corrected chi connectivity index (χ1v) is 8.61. The predicted octanol–water partition coefficient (Wildman–Crippen LogP) is 2.71. The number of nitrogens with zero attached hydrogens (tertiary/aromatic N) is 4. The molecule has 0 bridgehead atoms. The van der Waals surface area contributed by atoms with E-state index in [1.54, 1.807) is 0 Å². The molecule has 0 aliphatic carbocycles. The van der Waals surface area contributed by atoms with Crippen molar-refractivity contribution in [1.29, 1.82) is 0 Å². The summed E-state index contributed by atoms with van der Waals surface area (Å²) >= 11 is 0. The Morgan fingerprint density at radius 3 is 2.75 bits per heavy atom. The summed E-state index contributed by atoms with van der Waals surface area (Å²) in [4.78, 5) is 2.26. The molecular formula is C18H26N4O2. The molecule has 1 aliphatic heterocycles. The summed E-state index contributed by atoms with van der Waals surface area (Å²) in [6.45, 7) is 7.14. The summed E-state index contributed by atoms with van der Waals surface area (Å²) in [5, 5.41) is 8.66. The maximum Gasteiger partial charge on any atom is 0.227 e. The van der Waals surface area contributed by atoms with Gasteiger partial charge in [-0.3, -0.25) is 4.57 Å². The molecule has 1 aliphatic rings. The van der Waals surface area contributed by atoms with E-state index >= 15 is 0 Å². The fourth-order valence-corrected chi connectivity index (χ4v) is 3.03. The topological polar surface area (TPSA) is 52.4 Å². The highest BCUT2D eigenvalue weighted by molar-refractivity contribution is 5.32. The molecule has 6 nitrogen and oxygen atoms in total. The van der Waals surface area contributed by atoms with Gasteiger partial charge in [-0.2, -0.15) is 0 Å². The molecule has 2 heterocycles. The number of hydrogen-bond acceptors (Lipinski definition) is 5. The zero-order valence-corrected chi connectivity index (χ0v) is 14.7. The van der Waals surface area contributed by atoms with Crippen LogP contribution in [0.3, 0.4) is 0 Å². The second kappa shape index (κ2) is 7.66. The molecule has 1 saturated heterocycles. The lowest BCUT2D eigenvalue weighted by atomic mass is 10.1. The number of anilines is 1. The van der Waals surface area contributed by atoms with Gasteiger partial charge in [-0.15, -0.1) is 10.2 Å². The molecule has 130 valence electrons. The highest BCUT2D eigenvalue weighted by Crippen LogP contribution is 2.20. The molecule has 1 fully saturated rings. The first-order valence-electron chi connectivity index (χ1n) is 8.61. The lowest BCUT2D eigenvalue weighted by Crippen LogP contribution is -2.41. The Balaban J connectivity index is 1.63. The second-order valence-electron chi connectivity index (χ2n) is 6.24. The molecular weight excluding hydrogens is 304 g/mol. The quantitative estimate of drug-likeness (QED) is 0.815. The molecule has 24 heavy (non-hydrogen) atoms. The standard InChI is InChI=1S/C18H26N4O2/c1-4-23-16-6-5-11-22(12-16)18-20-19-17(21(18)3)13-24-15-9-7-14(2)8-10-15/h7-10,16H,4-6,11-13H2,1-3H3. The fraction of sp³-hybridized carbons (Fsp3) is 0.556. The van der Waals surface area contributed by atoms with Gasteiger partial charge in [0.1, 0.15) is 12.4 Å². The van der Waals surface area contributed by atoms with E-state index < -0.39 is 0 Å². The van der Waals surface area contributed by atoms with E-state index in [1.165, 1.54) is 5.56 Å². The molecule has 1 unspecified atom stereocenters. The van der Waals surface area contributed by atoms with Crippen LogP contribution in [0.25, 0.3) is 0 Å². The van der Waals surface area contributed by atoms with Crippen LogP contribution in [-0.4, -0.2) is 40.6 Å². The van der Waals surface area contributed by atoms with Gasteiger partial charge in [0.15, 0.2) is 5.82 Å². The number of ether oxygens (including phenoxy) is 2. The van der Waals surface area contributed by atoms with Gasteiger partial charge >= 0.3 is 0 Å². The van der Waals surface area contributed by atoms with Gasteiger partial charge in [0.25, 0.3) is 0 Å². The SMILES string of the molecule is CCOC1CCCN(c2nnc(COc3ccc(C)cc3)n2C)C1. The van der Waals surface area contributed by atoms with Crippen LogP contribution in [0, 0.1) is 6.92 Å². The van der Waals surface area contributed by atoms with Crippen LogP contribution in [0.15, 0.2) is 24.3 Å². The Labute approximate surface area is 143 Å². The van der Waals surface area contributed by atoms with Crippen LogP contribution in [0.2, 0.25) is 0 Å². The van der Waals surface area contributed by atoms with Crippen LogP contribution in [0.5, 0.6) is 5.75 Å². The molecule has 0 radical (unpaired) electrons. The zero-order chi connectivity index (χ0) is 16.9. The molecule has 0 amide bonds. The smallest absolute Gasteiger partial charge is 0.227 e. The van der Waals surface area contributed by atoms with Gasteiger partial charge in [0, 0.05) is 26.7 Å². The normalized spacial score (nSPS) is 18.0. The van der Waals surface area contributed by atoms with E-state index in [1.807, 2.05) is 42.8 Å². The molecule has 3 rings (SSSR count). The van der Waals surface area contributed by atoms with Crippen molar-refractivity contribution in [1.82, 2.24) is 14.8 Å². The molecule has 1 aromatic carbocycles. The van der Waals surface area contributed by atoms with Crippen molar-refractivity contribution in [2.75, 3.05) is 24.6 Å². The van der Waals surface area contributed by atoms with E-state index in [0.717, 1.165) is 50.1 Å². The number of hydrogen-bond donors (Lipinski definition) is 0. The molecule has 1 aromatic heterocycles. The molecule has 0 saturated carbocycles. The minimum atomic E-state index is 0.285. The van der Waals surface area contributed by atoms with Crippen molar-refractivity contribution in [3.63, 3.8) is 0 Å². The lowest BCUT2D eigenvalue weighted by molar-refractivity contribution is 0.0522. The van der Waals surface area contributed by atoms with Crippen molar-refractivity contribution < 1.29 is 9.47 Å². The van der Waals surface area contributed by atoms with Crippen molar-refractivity contribution in [2.24, 2.45) is 7.05 Å². The highest BCUT2D eigenvalue weighted by atomic mass is 16.5. The van der Waals surface area contributed by atoms with Gasteiger partial charge in [0.2, 0.25) is 5.95 Å². The molecule has 6 heteroatoms. The van der Waals surface area contributed by atoms with E-state index in [4.69, 9.17) is 9.47 Å². The van der Waals surface area contributed by atoms with Crippen molar-refractivity contribution in [3.05, 3.63) is 35.7 Å². The molecule has 2 aromatic rings. The molecule has 1 atom stereocenters. The molecule has 0 spiro atoms. The van der Waals surface area contributed by atoms with Crippen LogP contribution < -0.4 is 9.64 Å². The fourth-order valence-electron chi connectivity index (χ4n) is 3.03. The predicted molar refractivity (Wildman–Crippen MR) is 93.4 cm³/mol. The third kappa shape index (κ3) is 3.87. The maximum absolute atomic E-state index is 5.82. The largest absolute Gasteiger partial charge is 0.486 e. The Bertz CT molecular complexity index is 652. The number of aromatic nitrogens is 3. The Morgan fingerprint density at radius 2 is 2.00 bits per heavy atom. The second-order valence-corrected chi connectivity index (χ2v) is 6.24. The Morgan fingerprint density at radius 1 is 1.21 bits per heavy atom. The first kappa shape index (κ1) is 16.8. The average molecular weight is 330 g/mol. The highest BCUT2D eigenvalue weighted by Gasteiger charge is 2.24. The van der Waals surface area contributed by atoms with Crippen molar-refractivity contribution in [3.8, 4) is 5.75 Å². The van der Waals surface area contributed by atoms with Gasteiger partial charge < -0.3 is 14.4 Å². The van der Waals surface area contributed by atoms with E-state index in [0.29, 0.717) is 6.61 Å². The minimum Gasteiger partial charge on any atom is -0.486 e. The summed E-state index contributed by atoms with van der Waals surface area (Å²) < 4.78 is 13.6. The van der Waals surface area contributed by atoms with Crippen molar-refractivity contribution >= 4 is 5.95 Å². The van der Waals surface area contributed by atoms with Gasteiger partial charge in [-0.05, 0) is 38.8 Å². The van der Waals surface area contributed by atoms with Crippen LogP contribution in [0.4, 0.5) is 5.95 Å². The maximum atomic E-state index is 5.82. The Hall–Kier alpha value is -2.08. The van der Waals surface area contributed by atoms with Gasteiger partial charge in [-0.1, -0.05) is 17.7 Å². The summed E-state index contributed by atoms with van der Waals surface area (Å²) in [5.41, 5.74) is 1.22. The van der Waals surface area contributed by atoms with E-state index in [9.17, 15) is 0 Å². The van der Waals surface area contributed by atoms with E-state index in [-0.39, 0.29) is 6.10 Å². The van der Waals surface area contributed by atoms with Crippen LogP contribution >= 0.6 is 0 Å². The molecule has 0 N–H and O–H groups in total. The average Bonchev–Trinajstić information content (AvgIpc) is 2.96. The zero-order valence-electron chi connectivity index (χ0n) is 14.7. The monoisotopic (exact) mass is 330 g/mol. The first-order chi connectivity index (χ1) is 11.7. The summed E-state index contributed by atoms with van der Waals surface area (Å²) in [5.74, 6) is 2.56. The van der Waals surface area contributed by atoms with Gasteiger partial charge in [0.05, 0.1) is 6.10 Å². The number of rotatable bonds is 6. The van der Waals surface area contributed by atoms with Crippen LogP contribution in [-0.2, 0) is 18.4 Å². The summed E-state index contributed by atoms with van der Waals surface area (Å²) in [7, 11) is 1.99. The third-order valence-corrected chi connectivity index (χ3v) is 4.39. The lowest BCUT2D eigenvalue weighted by Gasteiger charge is -2.32. The van der Waals surface area contributed by atoms with Crippen LogP contribution in [0.1, 0.15) is 31.2 Å². The Kier molecular flexibility index (Phi) is 5.35. The van der Waals surface area contributed by atoms with E-state index in [2.05, 4.69) is 22.0 Å². The number of piperidine rings is 1. The third-order valence-electron chi connectivity index (χ3n) is 4.39.